The van der Waals surface area contributed by atoms with Crippen molar-refractivity contribution in [3.63, 3.8) is 0 Å². The number of ether oxygens (including phenoxy) is 5. The summed E-state index contributed by atoms with van der Waals surface area (Å²) in [4.78, 5) is 57.9. The number of hydrogen-bond donors (Lipinski definition) is 1. The molecule has 0 saturated carbocycles. The molecule has 1 rings (SSSR count). The van der Waals surface area contributed by atoms with E-state index < -0.39 is 60.9 Å². The van der Waals surface area contributed by atoms with E-state index in [2.05, 4.69) is 20.6 Å². The summed E-state index contributed by atoms with van der Waals surface area (Å²) >= 11 is 0. The molecule has 166 valence electrons. The van der Waals surface area contributed by atoms with Gasteiger partial charge in [0.1, 0.15) is 6.61 Å². The van der Waals surface area contributed by atoms with Crippen LogP contribution in [0.1, 0.15) is 46.5 Å². The average Bonchev–Trinajstić information content (AvgIpc) is 3.13. The van der Waals surface area contributed by atoms with Crippen LogP contribution in [0.3, 0.4) is 0 Å². The molecule has 0 unspecified atom stereocenters. The summed E-state index contributed by atoms with van der Waals surface area (Å²) in [5, 5.41) is 12.9. The third-order valence-corrected chi connectivity index (χ3v) is 3.27. The molecule has 14 heteroatoms. The second kappa shape index (κ2) is 11.4. The smallest absolute Gasteiger partial charge is 0.303 e. The van der Waals surface area contributed by atoms with Gasteiger partial charge in [0.25, 0.3) is 0 Å². The lowest BCUT2D eigenvalue weighted by Gasteiger charge is -2.34. The molecule has 0 aliphatic rings. The predicted octanol–water partition coefficient (Wildman–Crippen LogP) is -0.838. The van der Waals surface area contributed by atoms with Gasteiger partial charge in [0, 0.05) is 34.6 Å². The van der Waals surface area contributed by atoms with E-state index in [-0.39, 0.29) is 5.82 Å². The standard InChI is InChI=1S/C16H22N4O10/c1-7(21)26-6-12(27-8(2)22)13(28-9(3)23)14(29-10(4)24)15(30-11(5)25)16-17-19-20-18-16/h12-15H,6H2,1-5H3,(H,17,18,19,20)/t12-,13+,14+,15-/m1/s1. The first-order valence-corrected chi connectivity index (χ1v) is 8.56. The van der Waals surface area contributed by atoms with Crippen molar-refractivity contribution in [1.29, 1.82) is 0 Å². The molecule has 4 atom stereocenters. The molecular formula is C16H22N4O10. The van der Waals surface area contributed by atoms with Crippen molar-refractivity contribution in [2.45, 2.75) is 59.0 Å². The van der Waals surface area contributed by atoms with Crippen molar-refractivity contribution >= 4 is 29.8 Å². The molecular weight excluding hydrogens is 408 g/mol. The van der Waals surface area contributed by atoms with Crippen molar-refractivity contribution in [3.8, 4) is 0 Å². The van der Waals surface area contributed by atoms with Gasteiger partial charge in [-0.15, -0.1) is 10.2 Å². The number of nitrogens with one attached hydrogen (secondary N) is 1. The Kier molecular flexibility index (Phi) is 9.32. The highest BCUT2D eigenvalue weighted by Gasteiger charge is 2.46. The summed E-state index contributed by atoms with van der Waals surface area (Å²) in [6.07, 6.45) is -6.10. The lowest BCUT2D eigenvalue weighted by atomic mass is 10.0. The van der Waals surface area contributed by atoms with Crippen LogP contribution >= 0.6 is 0 Å². The van der Waals surface area contributed by atoms with Gasteiger partial charge in [-0.05, 0) is 0 Å². The Balaban J connectivity index is 3.47. The van der Waals surface area contributed by atoms with E-state index in [0.29, 0.717) is 0 Å². The van der Waals surface area contributed by atoms with Crippen molar-refractivity contribution in [2.75, 3.05) is 6.61 Å². The molecule has 1 N–H and O–H groups in total. The average molecular weight is 430 g/mol. The number of rotatable bonds is 10. The van der Waals surface area contributed by atoms with Crippen LogP contribution in [0, 0.1) is 0 Å². The predicted molar refractivity (Wildman–Crippen MR) is 92.0 cm³/mol. The third kappa shape index (κ3) is 8.20. The van der Waals surface area contributed by atoms with Crippen LogP contribution in [0.4, 0.5) is 0 Å². The lowest BCUT2D eigenvalue weighted by molar-refractivity contribution is -0.204. The van der Waals surface area contributed by atoms with Crippen LogP contribution < -0.4 is 0 Å². The molecule has 0 aromatic carbocycles. The number of aromatic amines is 1. The highest BCUT2D eigenvalue weighted by atomic mass is 16.6. The molecule has 0 bridgehead atoms. The van der Waals surface area contributed by atoms with Crippen LogP contribution in [0.25, 0.3) is 0 Å². The Bertz CT molecular complexity index is 766. The van der Waals surface area contributed by atoms with E-state index in [0.717, 1.165) is 34.6 Å². The maximum absolute atomic E-state index is 11.8. The fourth-order valence-electron chi connectivity index (χ4n) is 2.38. The molecule has 0 aliphatic carbocycles. The van der Waals surface area contributed by atoms with Crippen LogP contribution in [-0.4, -0.2) is 75.4 Å². The van der Waals surface area contributed by atoms with Gasteiger partial charge in [0.15, 0.2) is 18.3 Å². The fraction of sp³-hybridized carbons (Fsp3) is 0.625. The maximum atomic E-state index is 11.8. The van der Waals surface area contributed by atoms with E-state index in [1.807, 2.05) is 0 Å². The molecule has 0 fully saturated rings. The molecule has 0 saturated heterocycles. The largest absolute Gasteiger partial charge is 0.462 e. The van der Waals surface area contributed by atoms with Gasteiger partial charge in [-0.1, -0.05) is 5.21 Å². The molecule has 14 nitrogen and oxygen atoms in total. The Morgan fingerprint density at radius 2 is 1.30 bits per heavy atom. The number of H-pyrrole nitrogens is 1. The zero-order valence-corrected chi connectivity index (χ0v) is 16.9. The molecule has 0 aliphatic heterocycles. The number of carbonyl (C=O) groups excluding carboxylic acids is 5. The van der Waals surface area contributed by atoms with E-state index in [1.165, 1.54) is 0 Å². The zero-order valence-electron chi connectivity index (χ0n) is 16.9. The first-order valence-electron chi connectivity index (χ1n) is 8.56. The minimum atomic E-state index is -1.59. The van der Waals surface area contributed by atoms with Gasteiger partial charge in [-0.25, -0.2) is 0 Å². The van der Waals surface area contributed by atoms with E-state index in [4.69, 9.17) is 23.7 Å². The van der Waals surface area contributed by atoms with Crippen LogP contribution in [0.5, 0.6) is 0 Å². The molecule has 1 heterocycles. The molecule has 0 spiro atoms. The minimum absolute atomic E-state index is 0.220. The zero-order chi connectivity index (χ0) is 22.8. The van der Waals surface area contributed by atoms with Crippen molar-refractivity contribution in [1.82, 2.24) is 20.6 Å². The number of nitrogens with zero attached hydrogens (tertiary/aromatic N) is 3. The SMILES string of the molecule is CC(=O)OC[C@@H](OC(C)=O)[C@H](OC(C)=O)[C@H](OC(C)=O)[C@@H](OC(C)=O)c1nn[nH]n1. The lowest BCUT2D eigenvalue weighted by Crippen LogP contribution is -2.50. The van der Waals surface area contributed by atoms with Gasteiger partial charge >= 0.3 is 29.8 Å². The first kappa shape index (κ1) is 24.5. The second-order valence-corrected chi connectivity index (χ2v) is 5.90. The quantitative estimate of drug-likeness (QED) is 0.358. The van der Waals surface area contributed by atoms with Crippen LogP contribution in [0.2, 0.25) is 0 Å². The molecule has 1 aromatic heterocycles. The third-order valence-electron chi connectivity index (χ3n) is 3.27. The number of carbonyl (C=O) groups is 5. The summed E-state index contributed by atoms with van der Waals surface area (Å²) in [6.45, 7) is 4.78. The monoisotopic (exact) mass is 430 g/mol. The van der Waals surface area contributed by atoms with Gasteiger partial charge < -0.3 is 23.7 Å². The number of esters is 5. The summed E-state index contributed by atoms with van der Waals surface area (Å²) < 4.78 is 25.6. The Morgan fingerprint density at radius 3 is 1.73 bits per heavy atom. The Morgan fingerprint density at radius 1 is 0.767 bits per heavy atom. The highest BCUT2D eigenvalue weighted by Crippen LogP contribution is 2.28. The summed E-state index contributed by atoms with van der Waals surface area (Å²) in [5.74, 6) is -4.27. The van der Waals surface area contributed by atoms with E-state index >= 15 is 0 Å². The van der Waals surface area contributed by atoms with Gasteiger partial charge in [0.2, 0.25) is 11.9 Å². The second-order valence-electron chi connectivity index (χ2n) is 5.90. The van der Waals surface area contributed by atoms with E-state index in [1.54, 1.807) is 0 Å². The van der Waals surface area contributed by atoms with Crippen LogP contribution in [0.15, 0.2) is 0 Å². The summed E-state index contributed by atoms with van der Waals surface area (Å²) in [5.41, 5.74) is 0. The van der Waals surface area contributed by atoms with Crippen molar-refractivity contribution in [2.24, 2.45) is 0 Å². The summed E-state index contributed by atoms with van der Waals surface area (Å²) in [7, 11) is 0. The fourth-order valence-corrected chi connectivity index (χ4v) is 2.38. The topological polar surface area (TPSA) is 186 Å². The van der Waals surface area contributed by atoms with Crippen molar-refractivity contribution < 1.29 is 47.7 Å². The molecule has 0 radical (unpaired) electrons. The number of hydrogen-bond acceptors (Lipinski definition) is 13. The molecule has 1 aromatic rings. The minimum Gasteiger partial charge on any atom is -0.462 e. The highest BCUT2D eigenvalue weighted by molar-refractivity contribution is 5.69. The molecule has 30 heavy (non-hydrogen) atoms. The van der Waals surface area contributed by atoms with Gasteiger partial charge in [-0.2, -0.15) is 5.21 Å². The first-order chi connectivity index (χ1) is 14.0. The van der Waals surface area contributed by atoms with Crippen molar-refractivity contribution in [3.05, 3.63) is 5.82 Å². The normalized spacial score (nSPS) is 14.4. The van der Waals surface area contributed by atoms with E-state index in [9.17, 15) is 24.0 Å². The van der Waals surface area contributed by atoms with Gasteiger partial charge in [0.05, 0.1) is 0 Å². The molecule has 0 amide bonds. The van der Waals surface area contributed by atoms with Crippen LogP contribution in [-0.2, 0) is 47.7 Å². The number of aromatic nitrogens is 4. The Labute approximate surface area is 170 Å². The van der Waals surface area contributed by atoms with Gasteiger partial charge in [-0.3, -0.25) is 24.0 Å². The summed E-state index contributed by atoms with van der Waals surface area (Å²) in [6, 6.07) is 0. The maximum Gasteiger partial charge on any atom is 0.303 e. The number of tetrazole rings is 1. The Hall–Kier alpha value is -3.58.